The molecule has 2 N–H and O–H groups in total. The van der Waals surface area contributed by atoms with Gasteiger partial charge < -0.3 is 10.2 Å². The van der Waals surface area contributed by atoms with Crippen molar-refractivity contribution in [3.05, 3.63) is 0 Å². The second-order valence-electron chi connectivity index (χ2n) is 4.39. The van der Waals surface area contributed by atoms with Gasteiger partial charge in [-0.05, 0) is 20.3 Å². The van der Waals surface area contributed by atoms with Crippen LogP contribution in [0.4, 0.5) is 0 Å². The third-order valence-electron chi connectivity index (χ3n) is 2.50. The molecule has 0 saturated carbocycles. The maximum atomic E-state index is 10.8. The minimum absolute atomic E-state index is 0.568. The van der Waals surface area contributed by atoms with Crippen LogP contribution < -0.4 is 0 Å². The summed E-state index contributed by atoms with van der Waals surface area (Å²) >= 11 is 0. The van der Waals surface area contributed by atoms with Crippen LogP contribution in [-0.2, 0) is 4.79 Å². The molecule has 0 amide bonds. The number of hydrogen-bond acceptors (Lipinski definition) is 2. The number of unbranched alkanes of at least 4 members (excludes halogenated alkanes) is 3. The molecule has 0 aromatic carbocycles. The number of carboxylic acids is 1. The standard InChI is InChI=1S/C11H22O3/c1-4-5-6-7-8-9(10(12)13)11(2,3)14/h9,14H,4-8H2,1-3H3,(H,12,13). The lowest BCUT2D eigenvalue weighted by molar-refractivity contribution is -0.150. The number of carbonyl (C=O) groups is 1. The van der Waals surface area contributed by atoms with Crippen LogP contribution in [0.2, 0.25) is 0 Å². The SMILES string of the molecule is CCCCCCC(C(=O)O)C(C)(C)O. The van der Waals surface area contributed by atoms with E-state index in [1.54, 1.807) is 13.8 Å². The Balaban J connectivity index is 3.94. The van der Waals surface area contributed by atoms with Gasteiger partial charge in [-0.25, -0.2) is 0 Å². The van der Waals surface area contributed by atoms with Crippen LogP contribution in [-0.4, -0.2) is 21.8 Å². The fraction of sp³-hybridized carbons (Fsp3) is 0.909. The number of aliphatic carboxylic acids is 1. The second-order valence-corrected chi connectivity index (χ2v) is 4.39. The molecular formula is C11H22O3. The predicted octanol–water partition coefficient (Wildman–Crippen LogP) is 2.43. The largest absolute Gasteiger partial charge is 0.481 e. The van der Waals surface area contributed by atoms with Crippen molar-refractivity contribution in [2.24, 2.45) is 5.92 Å². The van der Waals surface area contributed by atoms with Gasteiger partial charge in [0.05, 0.1) is 11.5 Å². The molecule has 14 heavy (non-hydrogen) atoms. The highest BCUT2D eigenvalue weighted by atomic mass is 16.4. The van der Waals surface area contributed by atoms with E-state index in [0.717, 1.165) is 25.7 Å². The van der Waals surface area contributed by atoms with Gasteiger partial charge in [-0.15, -0.1) is 0 Å². The summed E-state index contributed by atoms with van der Waals surface area (Å²) in [5.41, 5.74) is -1.11. The molecule has 0 aromatic rings. The van der Waals surface area contributed by atoms with E-state index in [1.165, 1.54) is 0 Å². The van der Waals surface area contributed by atoms with Crippen LogP contribution >= 0.6 is 0 Å². The van der Waals surface area contributed by atoms with Gasteiger partial charge in [0, 0.05) is 0 Å². The molecule has 0 aliphatic rings. The highest BCUT2D eigenvalue weighted by Crippen LogP contribution is 2.23. The Bertz CT molecular complexity index is 170. The minimum atomic E-state index is -1.11. The van der Waals surface area contributed by atoms with E-state index < -0.39 is 17.5 Å². The van der Waals surface area contributed by atoms with Gasteiger partial charge >= 0.3 is 5.97 Å². The lowest BCUT2D eigenvalue weighted by Gasteiger charge is -2.25. The highest BCUT2D eigenvalue weighted by Gasteiger charge is 2.32. The predicted molar refractivity (Wildman–Crippen MR) is 56.2 cm³/mol. The maximum Gasteiger partial charge on any atom is 0.309 e. The van der Waals surface area contributed by atoms with E-state index in [0.29, 0.717) is 6.42 Å². The number of rotatable bonds is 7. The van der Waals surface area contributed by atoms with Crippen molar-refractivity contribution in [3.8, 4) is 0 Å². The van der Waals surface area contributed by atoms with Crippen molar-refractivity contribution in [2.75, 3.05) is 0 Å². The Labute approximate surface area is 86.1 Å². The first-order chi connectivity index (χ1) is 6.39. The Morgan fingerprint density at radius 2 is 1.86 bits per heavy atom. The molecule has 84 valence electrons. The fourth-order valence-electron chi connectivity index (χ4n) is 1.55. The van der Waals surface area contributed by atoms with E-state index in [4.69, 9.17) is 5.11 Å². The van der Waals surface area contributed by atoms with Crippen molar-refractivity contribution in [3.63, 3.8) is 0 Å². The number of aliphatic hydroxyl groups is 1. The van der Waals surface area contributed by atoms with Crippen LogP contribution in [0.1, 0.15) is 52.9 Å². The molecule has 1 atom stereocenters. The van der Waals surface area contributed by atoms with E-state index in [2.05, 4.69) is 6.92 Å². The minimum Gasteiger partial charge on any atom is -0.481 e. The molecule has 0 fully saturated rings. The number of hydrogen-bond donors (Lipinski definition) is 2. The highest BCUT2D eigenvalue weighted by molar-refractivity contribution is 5.71. The van der Waals surface area contributed by atoms with Gasteiger partial charge in [-0.1, -0.05) is 32.6 Å². The zero-order valence-corrected chi connectivity index (χ0v) is 9.42. The van der Waals surface area contributed by atoms with E-state index in [9.17, 15) is 9.90 Å². The van der Waals surface area contributed by atoms with Gasteiger partial charge in [0.2, 0.25) is 0 Å². The van der Waals surface area contributed by atoms with Gasteiger partial charge in [0.25, 0.3) is 0 Å². The third-order valence-corrected chi connectivity index (χ3v) is 2.50. The molecule has 0 bridgehead atoms. The molecule has 3 heteroatoms. The first-order valence-corrected chi connectivity index (χ1v) is 5.34. The lowest BCUT2D eigenvalue weighted by atomic mass is 9.86. The second kappa shape index (κ2) is 6.02. The fourth-order valence-corrected chi connectivity index (χ4v) is 1.55. The third kappa shape index (κ3) is 5.22. The van der Waals surface area contributed by atoms with Crippen LogP contribution in [0.5, 0.6) is 0 Å². The zero-order chi connectivity index (χ0) is 11.2. The molecule has 0 rings (SSSR count). The molecule has 0 heterocycles. The van der Waals surface area contributed by atoms with E-state index >= 15 is 0 Å². The molecule has 0 radical (unpaired) electrons. The van der Waals surface area contributed by atoms with Crippen molar-refractivity contribution in [2.45, 2.75) is 58.5 Å². The Kier molecular flexibility index (Phi) is 5.77. The molecular weight excluding hydrogens is 180 g/mol. The van der Waals surface area contributed by atoms with Gasteiger partial charge in [-0.3, -0.25) is 4.79 Å². The van der Waals surface area contributed by atoms with Crippen molar-refractivity contribution >= 4 is 5.97 Å². The average Bonchev–Trinajstić information content (AvgIpc) is 2.01. The molecule has 1 unspecified atom stereocenters. The van der Waals surface area contributed by atoms with Crippen molar-refractivity contribution < 1.29 is 15.0 Å². The molecule has 0 aliphatic carbocycles. The van der Waals surface area contributed by atoms with Crippen LogP contribution in [0, 0.1) is 5.92 Å². The van der Waals surface area contributed by atoms with E-state index in [-0.39, 0.29) is 0 Å². The zero-order valence-electron chi connectivity index (χ0n) is 9.42. The normalized spacial score (nSPS) is 14.0. The van der Waals surface area contributed by atoms with Gasteiger partial charge in [0.1, 0.15) is 0 Å². The van der Waals surface area contributed by atoms with Gasteiger partial charge in [0.15, 0.2) is 0 Å². The summed E-state index contributed by atoms with van der Waals surface area (Å²) in [5.74, 6) is -1.53. The molecule has 0 aliphatic heterocycles. The first-order valence-electron chi connectivity index (χ1n) is 5.34. The van der Waals surface area contributed by atoms with Gasteiger partial charge in [-0.2, -0.15) is 0 Å². The van der Waals surface area contributed by atoms with Crippen molar-refractivity contribution in [1.82, 2.24) is 0 Å². The monoisotopic (exact) mass is 202 g/mol. The Morgan fingerprint density at radius 3 is 2.21 bits per heavy atom. The summed E-state index contributed by atoms with van der Waals surface area (Å²) in [6.45, 7) is 5.24. The van der Waals surface area contributed by atoms with E-state index in [1.807, 2.05) is 0 Å². The first kappa shape index (κ1) is 13.4. The smallest absolute Gasteiger partial charge is 0.309 e. The van der Waals surface area contributed by atoms with Crippen LogP contribution in [0.25, 0.3) is 0 Å². The average molecular weight is 202 g/mol. The van der Waals surface area contributed by atoms with Crippen LogP contribution in [0.3, 0.4) is 0 Å². The summed E-state index contributed by atoms with van der Waals surface area (Å²) in [5, 5.41) is 18.5. The molecule has 0 spiro atoms. The molecule has 0 aromatic heterocycles. The summed E-state index contributed by atoms with van der Waals surface area (Å²) in [4.78, 5) is 10.8. The Hall–Kier alpha value is -0.570. The quantitative estimate of drug-likeness (QED) is 0.623. The lowest BCUT2D eigenvalue weighted by Crippen LogP contribution is -2.36. The summed E-state index contributed by atoms with van der Waals surface area (Å²) < 4.78 is 0. The topological polar surface area (TPSA) is 57.5 Å². The summed E-state index contributed by atoms with van der Waals surface area (Å²) in [7, 11) is 0. The number of carboxylic acid groups (broad SMARTS) is 1. The molecule has 3 nitrogen and oxygen atoms in total. The Morgan fingerprint density at radius 1 is 1.29 bits per heavy atom. The van der Waals surface area contributed by atoms with Crippen molar-refractivity contribution in [1.29, 1.82) is 0 Å². The summed E-state index contributed by atoms with van der Waals surface area (Å²) in [6, 6.07) is 0. The maximum absolute atomic E-state index is 10.8. The van der Waals surface area contributed by atoms with Crippen LogP contribution in [0.15, 0.2) is 0 Å². The molecule has 0 saturated heterocycles. The summed E-state index contributed by atoms with van der Waals surface area (Å²) in [6.07, 6.45) is 4.78.